The summed E-state index contributed by atoms with van der Waals surface area (Å²) in [4.78, 5) is 36.5. The molecular formula is C22H19NO5. The van der Waals surface area contributed by atoms with Gasteiger partial charge in [-0.05, 0) is 50.3 Å². The van der Waals surface area contributed by atoms with Crippen LogP contribution < -0.4 is 10.7 Å². The highest BCUT2D eigenvalue weighted by Gasteiger charge is 2.08. The van der Waals surface area contributed by atoms with Gasteiger partial charge in [-0.1, -0.05) is 17.7 Å². The molecule has 2 aromatic carbocycles. The molecule has 6 nitrogen and oxygen atoms in total. The van der Waals surface area contributed by atoms with Crippen molar-refractivity contribution < 1.29 is 18.7 Å². The molecule has 0 spiro atoms. The molecule has 0 aliphatic rings. The molecule has 0 aliphatic heterocycles. The predicted octanol–water partition coefficient (Wildman–Crippen LogP) is 3.93. The van der Waals surface area contributed by atoms with Gasteiger partial charge in [0.25, 0.3) is 0 Å². The van der Waals surface area contributed by atoms with E-state index in [2.05, 4.69) is 5.32 Å². The second-order valence-corrected chi connectivity index (χ2v) is 6.14. The standard InChI is InChI=1S/C22H19NO5/c1-3-27-22(26)15-5-4-6-17(12-15)23-20(24)10-8-16-13-28-19-9-7-14(2)11-18(19)21(16)25/h4-13H,3H2,1-2H3,(H,23,24)/b10-8+. The smallest absolute Gasteiger partial charge is 0.338 e. The lowest BCUT2D eigenvalue weighted by Crippen LogP contribution is -2.10. The SMILES string of the molecule is CCOC(=O)c1cccc(NC(=O)/C=C/c2coc3ccc(C)cc3c2=O)c1. The van der Waals surface area contributed by atoms with E-state index in [1.165, 1.54) is 24.5 Å². The normalized spacial score (nSPS) is 10.9. The van der Waals surface area contributed by atoms with Crippen LogP contribution in [0.15, 0.2) is 64.0 Å². The monoisotopic (exact) mass is 377 g/mol. The number of ether oxygens (including phenoxy) is 1. The molecule has 1 heterocycles. The number of amides is 1. The molecule has 0 aliphatic carbocycles. The second kappa shape index (κ2) is 8.35. The van der Waals surface area contributed by atoms with Crippen LogP contribution in [0.25, 0.3) is 17.0 Å². The average Bonchev–Trinajstić information content (AvgIpc) is 2.68. The van der Waals surface area contributed by atoms with E-state index in [1.807, 2.05) is 13.0 Å². The number of benzene rings is 2. The lowest BCUT2D eigenvalue weighted by atomic mass is 10.1. The van der Waals surface area contributed by atoms with Gasteiger partial charge in [-0.25, -0.2) is 4.79 Å². The fourth-order valence-corrected chi connectivity index (χ4v) is 2.66. The lowest BCUT2D eigenvalue weighted by molar-refractivity contribution is -0.111. The first-order valence-electron chi connectivity index (χ1n) is 8.76. The Labute approximate surface area is 161 Å². The number of aryl methyl sites for hydroxylation is 1. The molecule has 0 bridgehead atoms. The largest absolute Gasteiger partial charge is 0.463 e. The van der Waals surface area contributed by atoms with Crippen molar-refractivity contribution in [3.05, 3.63) is 81.7 Å². The van der Waals surface area contributed by atoms with Crippen LogP contribution in [0.4, 0.5) is 5.69 Å². The number of hydrogen-bond donors (Lipinski definition) is 1. The van der Waals surface area contributed by atoms with E-state index in [4.69, 9.17) is 9.15 Å². The van der Waals surface area contributed by atoms with Crippen molar-refractivity contribution in [3.8, 4) is 0 Å². The van der Waals surface area contributed by atoms with Gasteiger partial charge in [0.1, 0.15) is 11.8 Å². The van der Waals surface area contributed by atoms with Gasteiger partial charge >= 0.3 is 5.97 Å². The number of carbonyl (C=O) groups is 2. The maximum Gasteiger partial charge on any atom is 0.338 e. The molecule has 0 fully saturated rings. The van der Waals surface area contributed by atoms with Gasteiger partial charge < -0.3 is 14.5 Å². The lowest BCUT2D eigenvalue weighted by Gasteiger charge is -2.05. The Morgan fingerprint density at radius 1 is 1.18 bits per heavy atom. The minimum atomic E-state index is -0.460. The number of anilines is 1. The highest BCUT2D eigenvalue weighted by Crippen LogP contribution is 2.15. The molecule has 3 rings (SSSR count). The highest BCUT2D eigenvalue weighted by molar-refractivity contribution is 6.02. The van der Waals surface area contributed by atoms with Crippen molar-refractivity contribution >= 4 is 34.6 Å². The summed E-state index contributed by atoms with van der Waals surface area (Å²) in [5.74, 6) is -0.900. The van der Waals surface area contributed by atoms with Gasteiger partial charge in [-0.2, -0.15) is 0 Å². The van der Waals surface area contributed by atoms with Crippen LogP contribution in [0.2, 0.25) is 0 Å². The Kier molecular flexibility index (Phi) is 5.69. The summed E-state index contributed by atoms with van der Waals surface area (Å²) in [6.45, 7) is 3.88. The van der Waals surface area contributed by atoms with E-state index >= 15 is 0 Å². The first kappa shape index (κ1) is 19.1. The molecule has 1 N–H and O–H groups in total. The Balaban J connectivity index is 1.77. The van der Waals surface area contributed by atoms with Gasteiger partial charge in [0.05, 0.1) is 23.1 Å². The number of carbonyl (C=O) groups excluding carboxylic acids is 2. The van der Waals surface area contributed by atoms with Gasteiger partial charge in [0.15, 0.2) is 5.43 Å². The van der Waals surface area contributed by atoms with Crippen molar-refractivity contribution in [1.82, 2.24) is 0 Å². The zero-order valence-electron chi connectivity index (χ0n) is 15.5. The zero-order valence-corrected chi connectivity index (χ0v) is 15.5. The Hall–Kier alpha value is -3.67. The molecular weight excluding hydrogens is 358 g/mol. The van der Waals surface area contributed by atoms with Crippen molar-refractivity contribution in [2.75, 3.05) is 11.9 Å². The van der Waals surface area contributed by atoms with Gasteiger partial charge in [-0.3, -0.25) is 9.59 Å². The van der Waals surface area contributed by atoms with Crippen molar-refractivity contribution in [2.45, 2.75) is 13.8 Å². The van der Waals surface area contributed by atoms with E-state index in [0.29, 0.717) is 22.2 Å². The first-order valence-corrected chi connectivity index (χ1v) is 8.76. The van der Waals surface area contributed by atoms with E-state index in [1.54, 1.807) is 37.3 Å². The fourth-order valence-electron chi connectivity index (χ4n) is 2.66. The average molecular weight is 377 g/mol. The van der Waals surface area contributed by atoms with Crippen molar-refractivity contribution in [1.29, 1.82) is 0 Å². The fraction of sp³-hybridized carbons (Fsp3) is 0.136. The van der Waals surface area contributed by atoms with Crippen molar-refractivity contribution in [2.24, 2.45) is 0 Å². The van der Waals surface area contributed by atoms with E-state index < -0.39 is 11.9 Å². The van der Waals surface area contributed by atoms with Crippen LogP contribution in [-0.2, 0) is 9.53 Å². The van der Waals surface area contributed by atoms with Crippen LogP contribution in [0, 0.1) is 6.92 Å². The highest BCUT2D eigenvalue weighted by atomic mass is 16.5. The molecule has 0 radical (unpaired) electrons. The van der Waals surface area contributed by atoms with Crippen LogP contribution in [0.5, 0.6) is 0 Å². The summed E-state index contributed by atoms with van der Waals surface area (Å²) in [6, 6.07) is 11.8. The third kappa shape index (κ3) is 4.35. The topological polar surface area (TPSA) is 85.6 Å². The van der Waals surface area contributed by atoms with E-state index in [9.17, 15) is 14.4 Å². The minimum Gasteiger partial charge on any atom is -0.463 e. The Bertz CT molecular complexity index is 1130. The summed E-state index contributed by atoms with van der Waals surface area (Å²) in [5.41, 5.74) is 2.29. The maximum absolute atomic E-state index is 12.5. The molecule has 28 heavy (non-hydrogen) atoms. The van der Waals surface area contributed by atoms with Gasteiger partial charge in [0.2, 0.25) is 5.91 Å². The zero-order chi connectivity index (χ0) is 20.1. The molecule has 6 heteroatoms. The molecule has 142 valence electrons. The first-order chi connectivity index (χ1) is 13.5. The number of esters is 1. The van der Waals surface area contributed by atoms with Gasteiger partial charge in [0, 0.05) is 11.8 Å². The summed E-state index contributed by atoms with van der Waals surface area (Å²) in [5, 5.41) is 3.11. The molecule has 0 saturated heterocycles. The number of rotatable bonds is 5. The summed E-state index contributed by atoms with van der Waals surface area (Å²) in [6.07, 6.45) is 3.97. The third-order valence-electron chi connectivity index (χ3n) is 4.01. The van der Waals surface area contributed by atoms with Crippen LogP contribution in [0.1, 0.15) is 28.4 Å². The summed E-state index contributed by atoms with van der Waals surface area (Å²) < 4.78 is 10.4. The van der Waals surface area contributed by atoms with Crippen LogP contribution >= 0.6 is 0 Å². The third-order valence-corrected chi connectivity index (χ3v) is 4.01. The number of nitrogens with one attached hydrogen (secondary N) is 1. The van der Waals surface area contributed by atoms with E-state index in [-0.39, 0.29) is 17.6 Å². The minimum absolute atomic E-state index is 0.210. The quantitative estimate of drug-likeness (QED) is 0.538. The van der Waals surface area contributed by atoms with Gasteiger partial charge in [-0.15, -0.1) is 0 Å². The molecule has 0 unspecified atom stereocenters. The number of hydrogen-bond acceptors (Lipinski definition) is 5. The molecule has 1 aromatic heterocycles. The summed E-state index contributed by atoms with van der Waals surface area (Å²) >= 11 is 0. The number of fused-ring (bicyclic) bond motifs is 1. The molecule has 0 saturated carbocycles. The molecule has 1 amide bonds. The Morgan fingerprint density at radius 3 is 2.79 bits per heavy atom. The maximum atomic E-state index is 12.5. The van der Waals surface area contributed by atoms with Crippen LogP contribution in [0.3, 0.4) is 0 Å². The summed E-state index contributed by atoms with van der Waals surface area (Å²) in [7, 11) is 0. The molecule has 3 aromatic rings. The predicted molar refractivity (Wildman–Crippen MR) is 107 cm³/mol. The van der Waals surface area contributed by atoms with Crippen molar-refractivity contribution in [3.63, 3.8) is 0 Å². The van der Waals surface area contributed by atoms with E-state index in [0.717, 1.165) is 5.56 Å². The Morgan fingerprint density at radius 2 is 2.00 bits per heavy atom. The molecule has 0 atom stereocenters. The van der Waals surface area contributed by atoms with Crippen LogP contribution in [-0.4, -0.2) is 18.5 Å². The second-order valence-electron chi connectivity index (χ2n) is 6.14.